The Morgan fingerprint density at radius 3 is 1.90 bits per heavy atom. The minimum absolute atomic E-state index is 0.0851. The molecule has 5 aromatic rings. The summed E-state index contributed by atoms with van der Waals surface area (Å²) in [6, 6.07) is 22.2. The van der Waals surface area contributed by atoms with E-state index in [2.05, 4.69) is 0 Å². The molecule has 0 saturated carbocycles. The van der Waals surface area contributed by atoms with Crippen LogP contribution in [-0.4, -0.2) is 0 Å². The summed E-state index contributed by atoms with van der Waals surface area (Å²) in [6.07, 6.45) is 0. The van der Waals surface area contributed by atoms with Crippen molar-refractivity contribution in [1.29, 1.82) is 21.0 Å². The molecule has 3 aromatic carbocycles. The third-order valence-electron chi connectivity index (χ3n) is 5.10. The smallest absolute Gasteiger partial charge is 0.172 e. The number of benzene rings is 3. The van der Waals surface area contributed by atoms with Gasteiger partial charge in [-0.05, 0) is 35.0 Å². The third-order valence-corrected chi connectivity index (χ3v) is 5.10. The van der Waals surface area contributed by atoms with E-state index in [4.69, 9.17) is 29.9 Å². The summed E-state index contributed by atoms with van der Waals surface area (Å²) < 4.78 is 11.6. The second kappa shape index (κ2) is 6.25. The van der Waals surface area contributed by atoms with Crippen LogP contribution in [0.15, 0.2) is 57.4 Å². The van der Waals surface area contributed by atoms with E-state index in [0.717, 1.165) is 32.3 Å². The first-order valence-corrected chi connectivity index (χ1v) is 8.85. The van der Waals surface area contributed by atoms with E-state index in [1.807, 2.05) is 60.7 Å². The third kappa shape index (κ3) is 2.26. The van der Waals surface area contributed by atoms with Crippen molar-refractivity contribution in [1.82, 2.24) is 0 Å². The Labute approximate surface area is 168 Å². The van der Waals surface area contributed by atoms with Crippen LogP contribution >= 0.6 is 0 Å². The summed E-state index contributed by atoms with van der Waals surface area (Å²) in [5.74, 6) is 0. The van der Waals surface area contributed by atoms with Crippen LogP contribution in [0.4, 0.5) is 0 Å². The average molecular weight is 384 g/mol. The van der Waals surface area contributed by atoms with Crippen molar-refractivity contribution in [2.45, 2.75) is 0 Å². The molecule has 0 amide bonds. The number of hydrogen-bond donors (Lipinski definition) is 0. The van der Waals surface area contributed by atoms with Gasteiger partial charge in [0.1, 0.15) is 35.4 Å². The SMILES string of the molecule is N#CC(C#N)=c1cc2c(ccc3ccc4c(ccc5cc(=C(C#N)C#N)oc54)c32)o1. The van der Waals surface area contributed by atoms with E-state index >= 15 is 0 Å². The van der Waals surface area contributed by atoms with Crippen LogP contribution in [0.25, 0.3) is 54.6 Å². The number of hydrogen-bond acceptors (Lipinski definition) is 6. The van der Waals surface area contributed by atoms with Gasteiger partial charge in [-0.3, -0.25) is 0 Å². The maximum absolute atomic E-state index is 9.17. The van der Waals surface area contributed by atoms with Crippen molar-refractivity contribution in [3.05, 3.63) is 59.4 Å². The van der Waals surface area contributed by atoms with E-state index in [1.54, 1.807) is 12.1 Å². The Bertz CT molecular complexity index is 1810. The minimum Gasteiger partial charge on any atom is -0.455 e. The molecule has 0 aliphatic heterocycles. The van der Waals surface area contributed by atoms with Gasteiger partial charge in [-0.1, -0.05) is 24.3 Å². The maximum atomic E-state index is 9.17. The molecule has 0 atom stereocenters. The molecule has 0 aliphatic rings. The van der Waals surface area contributed by atoms with Crippen LogP contribution in [0.2, 0.25) is 0 Å². The molecule has 0 aliphatic carbocycles. The summed E-state index contributed by atoms with van der Waals surface area (Å²) in [5.41, 5.74) is 1.43. The van der Waals surface area contributed by atoms with E-state index < -0.39 is 0 Å². The summed E-state index contributed by atoms with van der Waals surface area (Å²) in [4.78, 5) is 0. The first-order chi connectivity index (χ1) is 14.7. The quantitative estimate of drug-likeness (QED) is 0.373. The van der Waals surface area contributed by atoms with E-state index in [1.165, 1.54) is 0 Å². The van der Waals surface area contributed by atoms with E-state index in [0.29, 0.717) is 11.2 Å². The van der Waals surface area contributed by atoms with Crippen molar-refractivity contribution in [3.63, 3.8) is 0 Å². The van der Waals surface area contributed by atoms with Crippen LogP contribution in [0, 0.1) is 45.3 Å². The zero-order valence-electron chi connectivity index (χ0n) is 15.2. The molecule has 0 saturated heterocycles. The monoisotopic (exact) mass is 384 g/mol. The Kier molecular flexibility index (Phi) is 3.56. The van der Waals surface area contributed by atoms with Crippen LogP contribution in [0.1, 0.15) is 0 Å². The molecular formula is C24H8N4O2. The number of fused-ring (bicyclic) bond motifs is 7. The lowest BCUT2D eigenvalue weighted by atomic mass is 9.98. The number of nitriles is 4. The largest absolute Gasteiger partial charge is 0.455 e. The average Bonchev–Trinajstić information content (AvgIpc) is 3.39. The van der Waals surface area contributed by atoms with Crippen LogP contribution in [0.5, 0.6) is 0 Å². The Hall–Kier alpha value is -5.04. The molecule has 2 aromatic heterocycles. The topological polar surface area (TPSA) is 121 Å². The fourth-order valence-corrected chi connectivity index (χ4v) is 3.77. The summed E-state index contributed by atoms with van der Waals surface area (Å²) in [5, 5.41) is 41.8. The minimum atomic E-state index is -0.0891. The van der Waals surface area contributed by atoms with Crippen LogP contribution in [-0.2, 0) is 0 Å². The molecule has 0 unspecified atom stereocenters. The van der Waals surface area contributed by atoms with Gasteiger partial charge in [0.05, 0.1) is 0 Å². The fourth-order valence-electron chi connectivity index (χ4n) is 3.77. The summed E-state index contributed by atoms with van der Waals surface area (Å²) in [7, 11) is 0. The Balaban J connectivity index is 1.99. The highest BCUT2D eigenvalue weighted by Crippen LogP contribution is 2.35. The van der Waals surface area contributed by atoms with Crippen LogP contribution in [0.3, 0.4) is 0 Å². The summed E-state index contributed by atoms with van der Waals surface area (Å²) >= 11 is 0. The predicted octanol–water partition coefficient (Wildman–Crippen LogP) is 3.88. The zero-order valence-corrected chi connectivity index (χ0v) is 15.2. The van der Waals surface area contributed by atoms with Crippen LogP contribution < -0.4 is 10.8 Å². The molecule has 0 fully saturated rings. The molecule has 6 heteroatoms. The molecule has 2 heterocycles. The van der Waals surface area contributed by atoms with E-state index in [9.17, 15) is 0 Å². The zero-order chi connectivity index (χ0) is 20.8. The molecular weight excluding hydrogens is 376 g/mol. The lowest BCUT2D eigenvalue weighted by molar-refractivity contribution is 0.577. The molecule has 30 heavy (non-hydrogen) atoms. The normalized spacial score (nSPS) is 10.5. The van der Waals surface area contributed by atoms with Crippen molar-refractivity contribution in [3.8, 4) is 24.3 Å². The van der Waals surface area contributed by atoms with Gasteiger partial charge < -0.3 is 8.83 Å². The van der Waals surface area contributed by atoms with Gasteiger partial charge in [-0.15, -0.1) is 0 Å². The van der Waals surface area contributed by atoms with Crippen molar-refractivity contribution < 1.29 is 8.83 Å². The lowest BCUT2D eigenvalue weighted by Gasteiger charge is -2.05. The molecule has 0 bridgehead atoms. The van der Waals surface area contributed by atoms with Gasteiger partial charge in [0.15, 0.2) is 22.0 Å². The second-order valence-corrected chi connectivity index (χ2v) is 6.64. The highest BCUT2D eigenvalue weighted by molar-refractivity contribution is 6.23. The van der Waals surface area contributed by atoms with Crippen molar-refractivity contribution in [2.75, 3.05) is 0 Å². The van der Waals surface area contributed by atoms with Gasteiger partial charge in [0, 0.05) is 21.5 Å². The number of nitrogens with zero attached hydrogens (tertiary/aromatic N) is 4. The first-order valence-electron chi connectivity index (χ1n) is 8.85. The van der Waals surface area contributed by atoms with Crippen molar-refractivity contribution >= 4 is 54.6 Å². The van der Waals surface area contributed by atoms with Gasteiger partial charge >= 0.3 is 0 Å². The Morgan fingerprint density at radius 2 is 1.20 bits per heavy atom. The molecule has 136 valence electrons. The van der Waals surface area contributed by atoms with Gasteiger partial charge in [0.25, 0.3) is 0 Å². The fraction of sp³-hybridized carbons (Fsp3) is 0. The van der Waals surface area contributed by atoms with E-state index in [-0.39, 0.29) is 22.0 Å². The lowest BCUT2D eigenvalue weighted by Crippen LogP contribution is -1.97. The molecule has 0 radical (unpaired) electrons. The number of rotatable bonds is 0. The Morgan fingerprint density at radius 1 is 0.600 bits per heavy atom. The molecule has 0 spiro atoms. The standard InChI is InChI=1S/C24H8N4O2/c25-9-15(10-26)21-7-14-2-4-17-18(24(14)30-21)5-1-13-3-6-20-19(23(13)17)8-22(29-20)16(11-27)12-28/h1-8H. The first kappa shape index (κ1) is 17.1. The molecule has 6 nitrogen and oxygen atoms in total. The highest BCUT2D eigenvalue weighted by Gasteiger charge is 2.13. The molecule has 0 N–H and O–H groups in total. The van der Waals surface area contributed by atoms with Gasteiger partial charge in [-0.25, -0.2) is 0 Å². The predicted molar refractivity (Wildman–Crippen MR) is 110 cm³/mol. The van der Waals surface area contributed by atoms with Gasteiger partial charge in [0.2, 0.25) is 0 Å². The maximum Gasteiger partial charge on any atom is 0.172 e. The number of furan rings is 2. The second-order valence-electron chi connectivity index (χ2n) is 6.64. The molecule has 5 rings (SSSR count). The van der Waals surface area contributed by atoms with Gasteiger partial charge in [-0.2, -0.15) is 21.0 Å². The summed E-state index contributed by atoms with van der Waals surface area (Å²) in [6.45, 7) is 0. The van der Waals surface area contributed by atoms with Crippen molar-refractivity contribution in [2.24, 2.45) is 0 Å². The highest BCUT2D eigenvalue weighted by atomic mass is 16.3.